The summed E-state index contributed by atoms with van der Waals surface area (Å²) in [5.74, 6) is 1.19. The van der Waals surface area contributed by atoms with Crippen molar-refractivity contribution in [1.82, 2.24) is 0 Å². The van der Waals surface area contributed by atoms with Crippen LogP contribution in [-0.2, 0) is 14.8 Å². The summed E-state index contributed by atoms with van der Waals surface area (Å²) >= 11 is 0. The summed E-state index contributed by atoms with van der Waals surface area (Å²) in [6, 6.07) is 11.3. The minimum atomic E-state index is -3.75. The number of piperidine rings is 1. The highest BCUT2D eigenvalue weighted by Crippen LogP contribution is 2.33. The Balaban J connectivity index is 1.52. The fraction of sp³-hybridized carbons (Fsp3) is 0.316. The molecule has 0 saturated carbocycles. The predicted octanol–water partition coefficient (Wildman–Crippen LogP) is 2.78. The van der Waals surface area contributed by atoms with Crippen LogP contribution in [-0.4, -0.2) is 34.1 Å². The number of carbonyl (C=O) groups is 1. The highest BCUT2D eigenvalue weighted by atomic mass is 32.2. The summed E-state index contributed by atoms with van der Waals surface area (Å²) in [6.07, 6.45) is 2.39. The van der Waals surface area contributed by atoms with Gasteiger partial charge in [0.25, 0.3) is 10.0 Å². The van der Waals surface area contributed by atoms with Gasteiger partial charge in [0.2, 0.25) is 5.91 Å². The second-order valence-corrected chi connectivity index (χ2v) is 8.14. The Morgan fingerprint density at radius 3 is 2.41 bits per heavy atom. The van der Waals surface area contributed by atoms with Crippen LogP contribution in [0.4, 0.5) is 11.4 Å². The molecule has 2 aliphatic heterocycles. The van der Waals surface area contributed by atoms with E-state index in [-0.39, 0.29) is 10.8 Å². The van der Waals surface area contributed by atoms with Crippen LogP contribution in [0.15, 0.2) is 47.4 Å². The van der Waals surface area contributed by atoms with Crippen molar-refractivity contribution in [1.29, 1.82) is 0 Å². The molecule has 0 atom stereocenters. The highest BCUT2D eigenvalue weighted by molar-refractivity contribution is 7.92. The van der Waals surface area contributed by atoms with Crippen LogP contribution in [0, 0.1) is 0 Å². The van der Waals surface area contributed by atoms with E-state index in [1.165, 1.54) is 12.1 Å². The van der Waals surface area contributed by atoms with Crippen molar-refractivity contribution in [3.63, 3.8) is 0 Å². The number of anilines is 2. The van der Waals surface area contributed by atoms with Gasteiger partial charge in [0.1, 0.15) is 13.2 Å². The molecule has 2 aliphatic rings. The molecule has 1 N–H and O–H groups in total. The van der Waals surface area contributed by atoms with Crippen molar-refractivity contribution in [2.75, 3.05) is 29.4 Å². The Morgan fingerprint density at radius 1 is 0.926 bits per heavy atom. The van der Waals surface area contributed by atoms with Gasteiger partial charge in [0, 0.05) is 24.7 Å². The van der Waals surface area contributed by atoms with Gasteiger partial charge in [-0.2, -0.15) is 0 Å². The van der Waals surface area contributed by atoms with Crippen LogP contribution in [0.1, 0.15) is 19.3 Å². The first-order chi connectivity index (χ1) is 13.0. The zero-order valence-corrected chi connectivity index (χ0v) is 15.5. The fourth-order valence-electron chi connectivity index (χ4n) is 3.21. The normalized spacial score (nSPS) is 16.9. The number of nitrogens with one attached hydrogen (secondary N) is 1. The van der Waals surface area contributed by atoms with Crippen LogP contribution in [0.5, 0.6) is 11.5 Å². The Bertz CT molecular complexity index is 957. The second kappa shape index (κ2) is 7.11. The number of amides is 1. The van der Waals surface area contributed by atoms with Gasteiger partial charge in [0.05, 0.1) is 10.6 Å². The molecule has 142 valence electrons. The van der Waals surface area contributed by atoms with E-state index in [2.05, 4.69) is 4.72 Å². The lowest BCUT2D eigenvalue weighted by atomic mass is 10.1. The Morgan fingerprint density at radius 2 is 1.67 bits per heavy atom. The quantitative estimate of drug-likeness (QED) is 0.871. The lowest BCUT2D eigenvalue weighted by Gasteiger charge is -2.26. The first-order valence-electron chi connectivity index (χ1n) is 8.86. The molecule has 1 fully saturated rings. The van der Waals surface area contributed by atoms with E-state index in [1.807, 2.05) is 0 Å². The maximum atomic E-state index is 12.7. The first-order valence-corrected chi connectivity index (χ1v) is 10.3. The number of benzene rings is 2. The molecule has 0 unspecified atom stereocenters. The number of ether oxygens (including phenoxy) is 2. The number of hydrogen-bond acceptors (Lipinski definition) is 5. The van der Waals surface area contributed by atoms with Crippen LogP contribution in [0.3, 0.4) is 0 Å². The third kappa shape index (κ3) is 3.71. The van der Waals surface area contributed by atoms with Crippen molar-refractivity contribution in [3.8, 4) is 11.5 Å². The summed E-state index contributed by atoms with van der Waals surface area (Å²) in [7, 11) is -3.75. The molecule has 0 aromatic heterocycles. The third-order valence-electron chi connectivity index (χ3n) is 4.58. The van der Waals surface area contributed by atoms with Crippen molar-refractivity contribution < 1.29 is 22.7 Å². The molecular weight excluding hydrogens is 368 g/mol. The van der Waals surface area contributed by atoms with Gasteiger partial charge in [-0.15, -0.1) is 0 Å². The van der Waals surface area contributed by atoms with Crippen molar-refractivity contribution >= 4 is 27.3 Å². The SMILES string of the molecule is O=C1CCCCN1c1ccc(S(=O)(=O)Nc2ccc3c(c2)OCCO3)cc1. The number of rotatable bonds is 4. The van der Waals surface area contributed by atoms with Crippen molar-refractivity contribution in [3.05, 3.63) is 42.5 Å². The van der Waals surface area contributed by atoms with E-state index in [9.17, 15) is 13.2 Å². The number of nitrogens with zero attached hydrogens (tertiary/aromatic N) is 1. The summed E-state index contributed by atoms with van der Waals surface area (Å²) in [4.78, 5) is 13.8. The molecule has 27 heavy (non-hydrogen) atoms. The van der Waals surface area contributed by atoms with Gasteiger partial charge in [-0.25, -0.2) is 8.42 Å². The average molecular weight is 388 g/mol. The van der Waals surface area contributed by atoms with Gasteiger partial charge in [-0.1, -0.05) is 0 Å². The number of sulfonamides is 1. The maximum Gasteiger partial charge on any atom is 0.261 e. The first kappa shape index (κ1) is 17.7. The van der Waals surface area contributed by atoms with Crippen molar-refractivity contribution in [2.24, 2.45) is 0 Å². The summed E-state index contributed by atoms with van der Waals surface area (Å²) < 4.78 is 38.8. The molecular formula is C19H20N2O5S. The molecule has 0 spiro atoms. The van der Waals surface area contributed by atoms with Crippen LogP contribution < -0.4 is 19.1 Å². The molecule has 2 aromatic rings. The van der Waals surface area contributed by atoms with Gasteiger partial charge >= 0.3 is 0 Å². The molecule has 1 saturated heterocycles. The number of fused-ring (bicyclic) bond motifs is 1. The van der Waals surface area contributed by atoms with Crippen LogP contribution >= 0.6 is 0 Å². The molecule has 0 aliphatic carbocycles. The molecule has 1 amide bonds. The Hall–Kier alpha value is -2.74. The predicted molar refractivity (Wildman–Crippen MR) is 101 cm³/mol. The Kier molecular flexibility index (Phi) is 4.65. The fourth-order valence-corrected chi connectivity index (χ4v) is 4.25. The molecule has 0 bridgehead atoms. The summed E-state index contributed by atoms with van der Waals surface area (Å²) in [5.41, 5.74) is 1.12. The molecule has 2 aromatic carbocycles. The lowest BCUT2D eigenvalue weighted by molar-refractivity contribution is -0.119. The van der Waals surface area contributed by atoms with E-state index in [0.717, 1.165) is 18.5 Å². The topological polar surface area (TPSA) is 84.9 Å². The van der Waals surface area contributed by atoms with E-state index in [1.54, 1.807) is 35.2 Å². The Labute approximate surface area is 157 Å². The molecule has 4 rings (SSSR count). The van der Waals surface area contributed by atoms with E-state index in [0.29, 0.717) is 43.4 Å². The zero-order chi connectivity index (χ0) is 18.9. The van der Waals surface area contributed by atoms with E-state index >= 15 is 0 Å². The number of carbonyl (C=O) groups excluding carboxylic acids is 1. The lowest BCUT2D eigenvalue weighted by Crippen LogP contribution is -2.35. The smallest absolute Gasteiger partial charge is 0.261 e. The molecule has 0 radical (unpaired) electrons. The standard InChI is InChI=1S/C19H20N2O5S/c22-19-3-1-2-10-21(19)15-5-7-16(8-6-15)27(23,24)20-14-4-9-17-18(13-14)26-12-11-25-17/h4-9,13,20H,1-3,10-12H2. The third-order valence-corrected chi connectivity index (χ3v) is 5.97. The molecule has 2 heterocycles. The van der Waals surface area contributed by atoms with Gasteiger partial charge in [0.15, 0.2) is 11.5 Å². The van der Waals surface area contributed by atoms with E-state index in [4.69, 9.17) is 9.47 Å². The maximum absolute atomic E-state index is 12.7. The second-order valence-electron chi connectivity index (χ2n) is 6.46. The minimum Gasteiger partial charge on any atom is -0.486 e. The molecule has 8 heteroatoms. The highest BCUT2D eigenvalue weighted by Gasteiger charge is 2.21. The van der Waals surface area contributed by atoms with Crippen LogP contribution in [0.25, 0.3) is 0 Å². The molecule has 7 nitrogen and oxygen atoms in total. The van der Waals surface area contributed by atoms with Crippen LogP contribution in [0.2, 0.25) is 0 Å². The van der Waals surface area contributed by atoms with Gasteiger partial charge in [-0.3, -0.25) is 9.52 Å². The van der Waals surface area contributed by atoms with Gasteiger partial charge in [-0.05, 0) is 49.2 Å². The van der Waals surface area contributed by atoms with E-state index < -0.39 is 10.0 Å². The average Bonchev–Trinajstić information content (AvgIpc) is 2.68. The summed E-state index contributed by atoms with van der Waals surface area (Å²) in [5, 5.41) is 0. The summed E-state index contributed by atoms with van der Waals surface area (Å²) in [6.45, 7) is 1.57. The number of hydrogen-bond donors (Lipinski definition) is 1. The van der Waals surface area contributed by atoms with Gasteiger partial charge < -0.3 is 14.4 Å². The largest absolute Gasteiger partial charge is 0.486 e. The van der Waals surface area contributed by atoms with Crippen molar-refractivity contribution in [2.45, 2.75) is 24.2 Å². The monoisotopic (exact) mass is 388 g/mol. The zero-order valence-electron chi connectivity index (χ0n) is 14.7. The minimum absolute atomic E-state index is 0.0752.